The molecule has 0 fully saturated rings. The van der Waals surface area contributed by atoms with Gasteiger partial charge in [-0.05, 0) is 151 Å². The zero-order valence-electron chi connectivity index (χ0n) is 35.7. The van der Waals surface area contributed by atoms with E-state index in [1.807, 2.05) is 36.9 Å². The minimum atomic E-state index is -0.127. The van der Waals surface area contributed by atoms with Crippen LogP contribution in [0.3, 0.4) is 0 Å². The molecule has 12 rings (SSSR count). The molecule has 0 unspecified atom stereocenters. The molecule has 8 aromatic carbocycles. The summed E-state index contributed by atoms with van der Waals surface area (Å²) in [5, 5.41) is 2.51. The van der Waals surface area contributed by atoms with Crippen molar-refractivity contribution in [2.24, 2.45) is 0 Å². The van der Waals surface area contributed by atoms with Crippen LogP contribution in [-0.2, 0) is 5.41 Å². The minimum Gasteiger partial charge on any atom is -0.309 e. The summed E-state index contributed by atoms with van der Waals surface area (Å²) in [7, 11) is 0. The van der Waals surface area contributed by atoms with Crippen LogP contribution in [0.4, 0.5) is 0 Å². The van der Waals surface area contributed by atoms with Gasteiger partial charge in [0.05, 0.1) is 11.0 Å². The van der Waals surface area contributed by atoms with Gasteiger partial charge in [0.25, 0.3) is 0 Å². The van der Waals surface area contributed by atoms with Gasteiger partial charge in [-0.1, -0.05) is 141 Å². The summed E-state index contributed by atoms with van der Waals surface area (Å²) in [5.41, 5.74) is 22.6. The Morgan fingerprint density at radius 3 is 1.31 bits per heavy atom. The van der Waals surface area contributed by atoms with Crippen molar-refractivity contribution in [1.82, 2.24) is 14.5 Å². The van der Waals surface area contributed by atoms with E-state index in [0.717, 1.165) is 50.2 Å². The molecule has 0 N–H and O–H groups in total. The lowest BCUT2D eigenvalue weighted by molar-refractivity contribution is 0.661. The van der Waals surface area contributed by atoms with E-state index in [4.69, 9.17) is 0 Å². The van der Waals surface area contributed by atoms with E-state index in [2.05, 4.69) is 216 Å². The fourth-order valence-electron chi connectivity index (χ4n) is 10.1. The second kappa shape index (κ2) is 15.0. The van der Waals surface area contributed by atoms with Crippen molar-refractivity contribution in [2.75, 3.05) is 0 Å². The summed E-state index contributed by atoms with van der Waals surface area (Å²) < 4.78 is 2.50. The highest BCUT2D eigenvalue weighted by atomic mass is 15.0. The molecule has 0 aliphatic heterocycles. The molecule has 0 saturated carbocycles. The summed E-state index contributed by atoms with van der Waals surface area (Å²) in [6, 6.07) is 73.6. The first-order valence-corrected chi connectivity index (χ1v) is 22.0. The zero-order valence-corrected chi connectivity index (χ0v) is 35.7. The first-order chi connectivity index (χ1) is 31.5. The molecule has 302 valence electrons. The molecule has 0 amide bonds. The molecule has 0 spiro atoms. The third-order valence-electron chi connectivity index (χ3n) is 13.3. The quantitative estimate of drug-likeness (QED) is 0.160. The molecule has 1 aliphatic rings. The Labute approximate surface area is 373 Å². The number of para-hydroxylation sites is 1. The first kappa shape index (κ1) is 37.6. The predicted octanol–water partition coefficient (Wildman–Crippen LogP) is 15.9. The van der Waals surface area contributed by atoms with Crippen molar-refractivity contribution in [1.29, 1.82) is 0 Å². The molecular weight excluding hydrogens is 775 g/mol. The van der Waals surface area contributed by atoms with Crippen molar-refractivity contribution < 1.29 is 0 Å². The van der Waals surface area contributed by atoms with E-state index in [1.54, 1.807) is 0 Å². The topological polar surface area (TPSA) is 30.7 Å². The molecule has 0 saturated heterocycles. The van der Waals surface area contributed by atoms with Crippen molar-refractivity contribution in [3.63, 3.8) is 0 Å². The summed E-state index contributed by atoms with van der Waals surface area (Å²) >= 11 is 0. The fraction of sp³-hybridized carbons (Fsp3) is 0.0492. The van der Waals surface area contributed by atoms with E-state index in [1.165, 1.54) is 66.3 Å². The highest BCUT2D eigenvalue weighted by molar-refractivity contribution is 6.12. The highest BCUT2D eigenvalue weighted by Gasteiger charge is 2.36. The van der Waals surface area contributed by atoms with Gasteiger partial charge in [-0.25, -0.2) is 0 Å². The zero-order chi connectivity index (χ0) is 42.8. The van der Waals surface area contributed by atoms with Crippen molar-refractivity contribution in [3.05, 3.63) is 236 Å². The molecule has 64 heavy (non-hydrogen) atoms. The number of rotatable bonds is 7. The number of benzene rings is 8. The number of pyridine rings is 2. The van der Waals surface area contributed by atoms with Crippen molar-refractivity contribution in [3.8, 4) is 83.6 Å². The maximum atomic E-state index is 4.39. The lowest BCUT2D eigenvalue weighted by Gasteiger charge is -2.22. The molecule has 3 nitrogen and oxygen atoms in total. The molecule has 0 atom stereocenters. The van der Waals surface area contributed by atoms with Gasteiger partial charge in [0.2, 0.25) is 0 Å². The number of hydrogen-bond acceptors (Lipinski definition) is 2. The smallest absolute Gasteiger partial charge is 0.0544 e. The van der Waals surface area contributed by atoms with Gasteiger partial charge in [-0.15, -0.1) is 0 Å². The molecule has 3 heteroatoms. The van der Waals surface area contributed by atoms with E-state index in [0.29, 0.717) is 0 Å². The summed E-state index contributed by atoms with van der Waals surface area (Å²) in [6.07, 6.45) is 7.50. The van der Waals surface area contributed by atoms with Crippen LogP contribution < -0.4 is 0 Å². The van der Waals surface area contributed by atoms with Crippen LogP contribution in [0.25, 0.3) is 105 Å². The van der Waals surface area contributed by atoms with Gasteiger partial charge in [0.1, 0.15) is 0 Å². The van der Waals surface area contributed by atoms with Gasteiger partial charge in [0, 0.05) is 57.8 Å². The number of fused-ring (bicyclic) bond motifs is 6. The Bertz CT molecular complexity index is 3430. The van der Waals surface area contributed by atoms with Crippen LogP contribution in [0.5, 0.6) is 0 Å². The maximum Gasteiger partial charge on any atom is 0.0544 e. The molecule has 0 bridgehead atoms. The van der Waals surface area contributed by atoms with E-state index in [9.17, 15) is 0 Å². The van der Waals surface area contributed by atoms with Crippen LogP contribution >= 0.6 is 0 Å². The molecule has 11 aromatic rings. The second-order valence-electron chi connectivity index (χ2n) is 17.5. The normalized spacial score (nSPS) is 12.7. The van der Waals surface area contributed by atoms with Crippen LogP contribution in [0.2, 0.25) is 0 Å². The summed E-state index contributed by atoms with van der Waals surface area (Å²) in [4.78, 5) is 8.77. The van der Waals surface area contributed by atoms with Crippen LogP contribution in [-0.4, -0.2) is 14.5 Å². The number of hydrogen-bond donors (Lipinski definition) is 0. The second-order valence-corrected chi connectivity index (χ2v) is 17.5. The van der Waals surface area contributed by atoms with E-state index < -0.39 is 0 Å². The summed E-state index contributed by atoms with van der Waals surface area (Å²) in [6.45, 7) is 4.74. The van der Waals surface area contributed by atoms with Gasteiger partial charge in [-0.2, -0.15) is 0 Å². The van der Waals surface area contributed by atoms with Crippen molar-refractivity contribution in [2.45, 2.75) is 19.3 Å². The largest absolute Gasteiger partial charge is 0.309 e. The van der Waals surface area contributed by atoms with Gasteiger partial charge >= 0.3 is 0 Å². The van der Waals surface area contributed by atoms with Gasteiger partial charge in [-0.3, -0.25) is 9.97 Å². The maximum absolute atomic E-state index is 4.39. The molecular formula is C61H43N3. The predicted molar refractivity (Wildman–Crippen MR) is 267 cm³/mol. The Balaban J connectivity index is 1.06. The van der Waals surface area contributed by atoms with Crippen LogP contribution in [0.1, 0.15) is 25.0 Å². The average Bonchev–Trinajstić information content (AvgIpc) is 3.81. The average molecular weight is 818 g/mol. The van der Waals surface area contributed by atoms with E-state index in [-0.39, 0.29) is 5.41 Å². The van der Waals surface area contributed by atoms with Gasteiger partial charge in [0.15, 0.2) is 0 Å². The molecule has 1 aliphatic carbocycles. The first-order valence-electron chi connectivity index (χ1n) is 22.0. The Morgan fingerprint density at radius 2 is 0.781 bits per heavy atom. The highest BCUT2D eigenvalue weighted by Crippen LogP contribution is 2.51. The summed E-state index contributed by atoms with van der Waals surface area (Å²) in [5.74, 6) is 0. The minimum absolute atomic E-state index is 0.127. The van der Waals surface area contributed by atoms with E-state index >= 15 is 0 Å². The fourth-order valence-corrected chi connectivity index (χ4v) is 10.1. The Kier molecular flexibility index (Phi) is 8.84. The Morgan fingerprint density at radius 1 is 0.328 bits per heavy atom. The number of aromatic nitrogens is 3. The lowest BCUT2D eigenvalue weighted by atomic mass is 9.82. The lowest BCUT2D eigenvalue weighted by Crippen LogP contribution is -2.15. The third-order valence-corrected chi connectivity index (χ3v) is 13.3. The molecule has 0 radical (unpaired) electrons. The standard InChI is InChI=1S/C61H43N3/c1-61(2)57-25-5-3-23-53(57)55-36-56-54-24-4-6-26-59(54)64(60(56)37-58(55)61)52-34-50(46-19-9-15-42(31-46)40-13-7-17-44(29-40)48-21-11-27-62-38-48)33-51(35-52)47-20-10-16-43(32-47)41-14-8-18-45(30-41)49-22-12-28-63-39-49/h3-39H,1-2H3. The van der Waals surface area contributed by atoms with Gasteiger partial charge < -0.3 is 4.57 Å². The van der Waals surface area contributed by atoms with Crippen molar-refractivity contribution >= 4 is 21.8 Å². The Hall–Kier alpha value is -8.14. The molecule has 3 heterocycles. The van der Waals surface area contributed by atoms with Crippen LogP contribution in [0, 0.1) is 0 Å². The van der Waals surface area contributed by atoms with Crippen LogP contribution in [0.15, 0.2) is 225 Å². The third kappa shape index (κ3) is 6.36. The SMILES string of the molecule is CC1(C)c2ccccc2-c2cc3c4ccccc4n(-c4cc(-c5cccc(-c6cccc(-c7cccnc7)c6)c5)cc(-c5cccc(-c6cccc(-c7cccnc7)c6)c5)c4)c3cc21. The molecule has 3 aromatic heterocycles. The monoisotopic (exact) mass is 817 g/mol. The number of nitrogens with zero attached hydrogens (tertiary/aromatic N) is 3.